The van der Waals surface area contributed by atoms with E-state index in [1.165, 1.54) is 10.5 Å². The first-order valence-corrected chi connectivity index (χ1v) is 7.24. The number of aryl methyl sites for hydroxylation is 1. The molecule has 2 aromatic carbocycles. The van der Waals surface area contributed by atoms with E-state index in [4.69, 9.17) is 4.74 Å². The van der Waals surface area contributed by atoms with Crippen molar-refractivity contribution in [2.24, 2.45) is 0 Å². The molecule has 102 valence electrons. The number of hydrogen-bond acceptors (Lipinski definition) is 3. The van der Waals surface area contributed by atoms with Crippen molar-refractivity contribution in [3.63, 3.8) is 0 Å². The van der Waals surface area contributed by atoms with Gasteiger partial charge in [-0.1, -0.05) is 44.2 Å². The third-order valence-corrected chi connectivity index (χ3v) is 3.47. The fourth-order valence-corrected chi connectivity index (χ4v) is 2.27. The zero-order valence-electron chi connectivity index (χ0n) is 11.9. The zero-order valence-corrected chi connectivity index (χ0v) is 12.8. The molecule has 0 saturated heterocycles. The molecule has 3 heteroatoms. The molecule has 19 heavy (non-hydrogen) atoms. The van der Waals surface area contributed by atoms with Gasteiger partial charge in [0, 0.05) is 4.90 Å². The number of rotatable bonds is 4. The summed E-state index contributed by atoms with van der Waals surface area (Å²) in [5, 5.41) is 0. The number of hydrogen-bond donors (Lipinski definition) is 1. The summed E-state index contributed by atoms with van der Waals surface area (Å²) in [4.78, 5) is 1.22. The van der Waals surface area contributed by atoms with E-state index in [2.05, 4.69) is 23.8 Å². The molecule has 0 spiro atoms. The van der Waals surface area contributed by atoms with Crippen molar-refractivity contribution in [1.82, 2.24) is 0 Å². The summed E-state index contributed by atoms with van der Waals surface area (Å²) in [6.07, 6.45) is 0. The Morgan fingerprint density at radius 2 is 1.58 bits per heavy atom. The highest BCUT2D eigenvalue weighted by Gasteiger charge is 2.02. The van der Waals surface area contributed by atoms with Crippen molar-refractivity contribution in [2.45, 2.75) is 25.7 Å². The predicted octanol–water partition coefficient (Wildman–Crippen LogP) is 5.15. The minimum absolute atomic E-state index is 0.855. The van der Waals surface area contributed by atoms with Crippen LogP contribution in [0.4, 0.5) is 5.69 Å². The summed E-state index contributed by atoms with van der Waals surface area (Å²) < 4.78 is 8.60. The molecular formula is C16H21NOS. The van der Waals surface area contributed by atoms with Crippen LogP contribution < -0.4 is 9.46 Å². The van der Waals surface area contributed by atoms with Gasteiger partial charge in [0.05, 0.1) is 12.8 Å². The lowest BCUT2D eigenvalue weighted by atomic mass is 10.2. The molecule has 0 aliphatic rings. The number of benzene rings is 2. The van der Waals surface area contributed by atoms with Crippen LogP contribution in [-0.4, -0.2) is 7.11 Å². The Kier molecular flexibility index (Phi) is 6.90. The molecule has 1 N–H and O–H groups in total. The lowest BCUT2D eigenvalue weighted by Gasteiger charge is -2.10. The molecule has 0 bridgehead atoms. The summed E-state index contributed by atoms with van der Waals surface area (Å²) in [5.74, 6) is 0.855. The van der Waals surface area contributed by atoms with Crippen LogP contribution >= 0.6 is 11.9 Å². The number of ether oxygens (including phenoxy) is 1. The van der Waals surface area contributed by atoms with Gasteiger partial charge in [0.2, 0.25) is 0 Å². The average Bonchev–Trinajstić information content (AvgIpc) is 2.49. The molecule has 0 amide bonds. The second-order valence-electron chi connectivity index (χ2n) is 3.67. The zero-order chi connectivity index (χ0) is 14.1. The van der Waals surface area contributed by atoms with Crippen LogP contribution in [0.3, 0.4) is 0 Å². The molecule has 0 saturated carbocycles. The van der Waals surface area contributed by atoms with Gasteiger partial charge in [0.15, 0.2) is 0 Å². The summed E-state index contributed by atoms with van der Waals surface area (Å²) in [6.45, 7) is 6.10. The molecular weight excluding hydrogens is 254 g/mol. The van der Waals surface area contributed by atoms with Crippen molar-refractivity contribution in [1.29, 1.82) is 0 Å². The smallest absolute Gasteiger partial charge is 0.142 e. The van der Waals surface area contributed by atoms with Gasteiger partial charge in [0.1, 0.15) is 5.75 Å². The average molecular weight is 275 g/mol. The summed E-state index contributed by atoms with van der Waals surface area (Å²) >= 11 is 1.60. The van der Waals surface area contributed by atoms with Gasteiger partial charge in [-0.2, -0.15) is 0 Å². The minimum atomic E-state index is 0.855. The molecule has 0 radical (unpaired) electrons. The third-order valence-electron chi connectivity index (χ3n) is 2.47. The topological polar surface area (TPSA) is 21.3 Å². The van der Waals surface area contributed by atoms with Gasteiger partial charge in [-0.25, -0.2) is 0 Å². The van der Waals surface area contributed by atoms with Crippen LogP contribution in [0, 0.1) is 6.92 Å². The van der Waals surface area contributed by atoms with Crippen LogP contribution in [0.2, 0.25) is 0 Å². The standard InChI is InChI=1S/C14H15NOS.C2H6/c1-11-7-3-6-10-14(11)17-15-12-8-4-5-9-13(12)16-2;1-2/h3-10,15H,1-2H3;1-2H3. The van der Waals surface area contributed by atoms with E-state index in [0.717, 1.165) is 11.4 Å². The molecule has 0 heterocycles. The first-order valence-electron chi connectivity index (χ1n) is 6.43. The molecule has 2 aromatic rings. The Labute approximate surface area is 120 Å². The fraction of sp³-hybridized carbons (Fsp3) is 0.250. The summed E-state index contributed by atoms with van der Waals surface area (Å²) in [6, 6.07) is 16.2. The van der Waals surface area contributed by atoms with Crippen LogP contribution in [0.5, 0.6) is 5.75 Å². The van der Waals surface area contributed by atoms with Crippen molar-refractivity contribution in [3.8, 4) is 5.75 Å². The van der Waals surface area contributed by atoms with Crippen molar-refractivity contribution in [2.75, 3.05) is 11.8 Å². The molecule has 0 atom stereocenters. The van der Waals surface area contributed by atoms with Crippen LogP contribution in [0.15, 0.2) is 53.4 Å². The molecule has 0 unspecified atom stereocenters. The normalized spacial score (nSPS) is 9.26. The Bertz CT molecular complexity index is 500. The molecule has 2 nitrogen and oxygen atoms in total. The predicted molar refractivity (Wildman–Crippen MR) is 85.0 cm³/mol. The number of anilines is 1. The van der Waals surface area contributed by atoms with Crippen molar-refractivity contribution < 1.29 is 4.74 Å². The Morgan fingerprint density at radius 3 is 2.26 bits per heavy atom. The van der Waals surface area contributed by atoms with E-state index in [1.807, 2.05) is 50.2 Å². The maximum absolute atomic E-state index is 5.29. The highest BCUT2D eigenvalue weighted by molar-refractivity contribution is 8.00. The largest absolute Gasteiger partial charge is 0.495 e. The second-order valence-corrected chi connectivity index (χ2v) is 4.52. The van der Waals surface area contributed by atoms with E-state index in [-0.39, 0.29) is 0 Å². The third kappa shape index (κ3) is 4.52. The van der Waals surface area contributed by atoms with Gasteiger partial charge in [-0.05, 0) is 42.6 Å². The maximum Gasteiger partial charge on any atom is 0.142 e. The molecule has 0 aliphatic heterocycles. The van der Waals surface area contributed by atoms with E-state index in [1.54, 1.807) is 19.1 Å². The quantitative estimate of drug-likeness (QED) is 0.780. The van der Waals surface area contributed by atoms with E-state index in [0.29, 0.717) is 0 Å². The van der Waals surface area contributed by atoms with Crippen LogP contribution in [-0.2, 0) is 0 Å². The molecule has 0 fully saturated rings. The highest BCUT2D eigenvalue weighted by atomic mass is 32.2. The van der Waals surface area contributed by atoms with Crippen molar-refractivity contribution >= 4 is 17.6 Å². The van der Waals surface area contributed by atoms with Crippen molar-refractivity contribution in [3.05, 3.63) is 54.1 Å². The van der Waals surface area contributed by atoms with Gasteiger partial charge in [-0.15, -0.1) is 0 Å². The maximum atomic E-state index is 5.29. The van der Waals surface area contributed by atoms with E-state index < -0.39 is 0 Å². The summed E-state index contributed by atoms with van der Waals surface area (Å²) in [7, 11) is 1.68. The van der Waals surface area contributed by atoms with Gasteiger partial charge >= 0.3 is 0 Å². The summed E-state index contributed by atoms with van der Waals surface area (Å²) in [5.41, 5.74) is 2.25. The van der Waals surface area contributed by atoms with Gasteiger partial charge in [-0.3, -0.25) is 0 Å². The van der Waals surface area contributed by atoms with Crippen LogP contribution in [0.25, 0.3) is 0 Å². The fourth-order valence-electron chi connectivity index (χ4n) is 1.51. The van der Waals surface area contributed by atoms with E-state index >= 15 is 0 Å². The minimum Gasteiger partial charge on any atom is -0.495 e. The van der Waals surface area contributed by atoms with Gasteiger partial charge in [0.25, 0.3) is 0 Å². The molecule has 0 aromatic heterocycles. The van der Waals surface area contributed by atoms with E-state index in [9.17, 15) is 0 Å². The first kappa shape index (κ1) is 15.4. The number of nitrogens with one attached hydrogen (secondary N) is 1. The lowest BCUT2D eigenvalue weighted by Crippen LogP contribution is -1.92. The Hall–Kier alpha value is -1.61. The Balaban J connectivity index is 0.000000861. The monoisotopic (exact) mass is 275 g/mol. The highest BCUT2D eigenvalue weighted by Crippen LogP contribution is 2.29. The first-order chi connectivity index (χ1) is 9.31. The van der Waals surface area contributed by atoms with Gasteiger partial charge < -0.3 is 9.46 Å². The SMILES string of the molecule is CC.COc1ccccc1NSc1ccccc1C. The lowest BCUT2D eigenvalue weighted by molar-refractivity contribution is 0.417. The van der Waals surface area contributed by atoms with Crippen LogP contribution in [0.1, 0.15) is 19.4 Å². The second kappa shape index (κ2) is 8.48. The molecule has 0 aliphatic carbocycles. The number of methoxy groups -OCH3 is 1. The molecule has 2 rings (SSSR count). The Morgan fingerprint density at radius 1 is 0.947 bits per heavy atom. The number of para-hydroxylation sites is 2.